The van der Waals surface area contributed by atoms with E-state index in [4.69, 9.17) is 15.6 Å². The number of aromatic carboxylic acids is 1. The number of carboxylic acid groups (broad SMARTS) is 2. The van der Waals surface area contributed by atoms with Gasteiger partial charge < -0.3 is 20.7 Å². The minimum absolute atomic E-state index is 0.0752. The first-order chi connectivity index (χ1) is 17.2. The van der Waals surface area contributed by atoms with E-state index in [0.29, 0.717) is 5.56 Å². The Hall–Kier alpha value is -3.79. The van der Waals surface area contributed by atoms with Crippen LogP contribution in [0.1, 0.15) is 102 Å². The second-order valence-corrected chi connectivity index (χ2v) is 8.83. The molecule has 4 N–H and O–H groups in total. The maximum absolute atomic E-state index is 12.5. The first kappa shape index (κ1) is 28.4. The zero-order valence-corrected chi connectivity index (χ0v) is 21.3. The number of carbonyl (C=O) groups is 3. The minimum Gasteiger partial charge on any atom is -0.481 e. The molecule has 0 saturated heterocycles. The van der Waals surface area contributed by atoms with Crippen molar-refractivity contribution in [3.63, 3.8) is 0 Å². The molecule has 0 aliphatic carbocycles. The van der Waals surface area contributed by atoms with Crippen LogP contribution < -0.4 is 10.5 Å². The molecule has 0 heterocycles. The topological polar surface area (TPSA) is 127 Å². The minimum atomic E-state index is -1.39. The molecule has 7 nitrogen and oxygen atoms in total. The molecular formula is C29H35NO6. The number of nitrogens with two attached hydrogens (primary N) is 1. The van der Waals surface area contributed by atoms with Crippen LogP contribution in [-0.2, 0) is 11.2 Å². The fourth-order valence-electron chi connectivity index (χ4n) is 4.09. The van der Waals surface area contributed by atoms with Crippen LogP contribution >= 0.6 is 0 Å². The van der Waals surface area contributed by atoms with Gasteiger partial charge in [0, 0.05) is 35.2 Å². The van der Waals surface area contributed by atoms with Gasteiger partial charge in [-0.15, -0.1) is 0 Å². The van der Waals surface area contributed by atoms with Crippen molar-refractivity contribution in [3.05, 3.63) is 57.6 Å². The Kier molecular flexibility index (Phi) is 11.0. The van der Waals surface area contributed by atoms with Gasteiger partial charge in [-0.2, -0.15) is 0 Å². The van der Waals surface area contributed by atoms with Crippen molar-refractivity contribution in [3.8, 4) is 17.6 Å². The lowest BCUT2D eigenvalue weighted by Gasteiger charge is -2.20. The van der Waals surface area contributed by atoms with E-state index in [1.807, 2.05) is 24.3 Å². The van der Waals surface area contributed by atoms with Gasteiger partial charge in [0.1, 0.15) is 11.3 Å². The molecule has 7 heteroatoms. The molecule has 0 spiro atoms. The normalized spacial score (nSPS) is 10.4. The highest BCUT2D eigenvalue weighted by atomic mass is 16.5. The third kappa shape index (κ3) is 7.88. The average Bonchev–Trinajstić information content (AvgIpc) is 2.83. The quantitative estimate of drug-likeness (QED) is 0.143. The number of benzene rings is 2. The zero-order valence-electron chi connectivity index (χ0n) is 21.3. The highest BCUT2D eigenvalue weighted by molar-refractivity contribution is 6.09. The number of nitrogen functional groups attached to an aromatic ring is 1. The summed E-state index contributed by atoms with van der Waals surface area (Å²) in [5.74, 6) is 3.03. The number of carbonyl (C=O) groups excluding carboxylic acids is 1. The van der Waals surface area contributed by atoms with E-state index < -0.39 is 24.3 Å². The molecule has 2 rings (SSSR count). The van der Waals surface area contributed by atoms with Gasteiger partial charge in [0.15, 0.2) is 12.4 Å². The molecule has 2 aromatic rings. The smallest absolute Gasteiger partial charge is 0.341 e. The fraction of sp³-hybridized carbons (Fsp3) is 0.414. The van der Waals surface area contributed by atoms with Gasteiger partial charge in [0.05, 0.1) is 0 Å². The summed E-state index contributed by atoms with van der Waals surface area (Å²) in [5, 5.41) is 18.8. The molecule has 0 fully saturated rings. The van der Waals surface area contributed by atoms with Crippen LogP contribution in [0.3, 0.4) is 0 Å². The first-order valence-corrected chi connectivity index (χ1v) is 12.3. The van der Waals surface area contributed by atoms with Crippen LogP contribution in [0, 0.1) is 18.8 Å². The second-order valence-electron chi connectivity index (χ2n) is 8.83. The van der Waals surface area contributed by atoms with Crippen molar-refractivity contribution in [2.75, 3.05) is 12.3 Å². The van der Waals surface area contributed by atoms with Crippen LogP contribution in [0.5, 0.6) is 5.75 Å². The third-order valence-corrected chi connectivity index (χ3v) is 5.98. The van der Waals surface area contributed by atoms with Gasteiger partial charge >= 0.3 is 11.9 Å². The highest BCUT2D eigenvalue weighted by Gasteiger charge is 2.28. The summed E-state index contributed by atoms with van der Waals surface area (Å²) in [7, 11) is 0. The number of aliphatic carboxylic acids is 1. The molecule has 2 aromatic carbocycles. The molecule has 0 radical (unpaired) electrons. The lowest BCUT2D eigenvalue weighted by atomic mass is 9.88. The van der Waals surface area contributed by atoms with E-state index in [1.54, 1.807) is 6.92 Å². The molecule has 0 aromatic heterocycles. The first-order valence-electron chi connectivity index (χ1n) is 12.3. The second kappa shape index (κ2) is 13.9. The van der Waals surface area contributed by atoms with Crippen LogP contribution in [0.25, 0.3) is 0 Å². The van der Waals surface area contributed by atoms with Crippen molar-refractivity contribution < 1.29 is 29.3 Å². The Morgan fingerprint density at radius 1 is 0.972 bits per heavy atom. The maximum atomic E-state index is 12.5. The Balaban J connectivity index is 2.26. The van der Waals surface area contributed by atoms with E-state index in [0.717, 1.165) is 24.0 Å². The van der Waals surface area contributed by atoms with Gasteiger partial charge in [-0.25, -0.2) is 9.59 Å². The number of rotatable bonds is 13. The average molecular weight is 494 g/mol. The summed E-state index contributed by atoms with van der Waals surface area (Å²) in [4.78, 5) is 35.6. The highest BCUT2D eigenvalue weighted by Crippen LogP contribution is 2.37. The lowest BCUT2D eigenvalue weighted by Crippen LogP contribution is -2.19. The van der Waals surface area contributed by atoms with E-state index in [2.05, 4.69) is 18.8 Å². The van der Waals surface area contributed by atoms with E-state index in [1.165, 1.54) is 39.0 Å². The summed E-state index contributed by atoms with van der Waals surface area (Å²) in [6.07, 6.45) is 8.46. The number of hydrogen-bond donors (Lipinski definition) is 3. The van der Waals surface area contributed by atoms with Crippen molar-refractivity contribution in [2.45, 2.75) is 72.1 Å². The van der Waals surface area contributed by atoms with Crippen LogP contribution in [0.15, 0.2) is 24.3 Å². The molecule has 0 unspecified atom stereocenters. The van der Waals surface area contributed by atoms with Crippen LogP contribution in [0.2, 0.25) is 0 Å². The number of Topliss-reactive ketones (excluding diaryl/α,β-unsaturated/α-hetero) is 1. The third-order valence-electron chi connectivity index (χ3n) is 5.98. The maximum Gasteiger partial charge on any atom is 0.341 e. The van der Waals surface area contributed by atoms with E-state index >= 15 is 0 Å². The Morgan fingerprint density at radius 2 is 1.61 bits per heavy atom. The number of anilines is 1. The Morgan fingerprint density at radius 3 is 2.19 bits per heavy atom. The standard InChI is InChI=1S/C29H35NO6/c1-4-5-6-7-8-9-10-11-12-21-13-15-22(16-14-21)17-23-25(20(3)31)26(29(34)35)28(19(2)27(23)30)36-18-24(32)33/h13-16H,4-10,17-18,30H2,1-3H3,(H,32,33)(H,34,35). The molecule has 0 saturated carbocycles. The Bertz CT molecular complexity index is 1160. The molecule has 0 aliphatic rings. The van der Waals surface area contributed by atoms with Gasteiger partial charge in [-0.1, -0.05) is 63.0 Å². The van der Waals surface area contributed by atoms with Crippen molar-refractivity contribution in [1.82, 2.24) is 0 Å². The number of unbranched alkanes of at least 4 members (excludes halogenated alkanes) is 6. The molecule has 0 bridgehead atoms. The van der Waals surface area contributed by atoms with E-state index in [-0.39, 0.29) is 34.5 Å². The molecule has 0 atom stereocenters. The molecular weight excluding hydrogens is 458 g/mol. The monoisotopic (exact) mass is 493 g/mol. The van der Waals surface area contributed by atoms with Gasteiger partial charge in [0.25, 0.3) is 0 Å². The van der Waals surface area contributed by atoms with Gasteiger partial charge in [-0.3, -0.25) is 4.79 Å². The fourth-order valence-corrected chi connectivity index (χ4v) is 4.09. The number of ether oxygens (including phenoxy) is 1. The number of ketones is 1. The molecule has 0 amide bonds. The van der Waals surface area contributed by atoms with Crippen molar-refractivity contribution >= 4 is 23.4 Å². The van der Waals surface area contributed by atoms with Gasteiger partial charge in [0.2, 0.25) is 0 Å². The van der Waals surface area contributed by atoms with Crippen LogP contribution in [-0.4, -0.2) is 34.5 Å². The van der Waals surface area contributed by atoms with E-state index in [9.17, 15) is 19.5 Å². The summed E-state index contributed by atoms with van der Waals surface area (Å²) in [5.41, 5.74) is 8.44. The Labute approximate surface area is 212 Å². The predicted octanol–water partition coefficient (Wildman–Crippen LogP) is 5.63. The molecule has 192 valence electrons. The van der Waals surface area contributed by atoms with Crippen molar-refractivity contribution in [1.29, 1.82) is 0 Å². The zero-order chi connectivity index (χ0) is 26.7. The lowest BCUT2D eigenvalue weighted by molar-refractivity contribution is -0.139. The molecule has 36 heavy (non-hydrogen) atoms. The number of carboxylic acids is 2. The largest absolute Gasteiger partial charge is 0.481 e. The summed E-state index contributed by atoms with van der Waals surface area (Å²) < 4.78 is 5.23. The number of hydrogen-bond acceptors (Lipinski definition) is 5. The predicted molar refractivity (Wildman–Crippen MR) is 140 cm³/mol. The summed E-state index contributed by atoms with van der Waals surface area (Å²) in [6.45, 7) is 4.26. The van der Waals surface area contributed by atoms with Crippen LogP contribution in [0.4, 0.5) is 5.69 Å². The SMILES string of the molecule is CCCCCCCCC#Cc1ccc(Cc2c(N)c(C)c(OCC(=O)O)c(C(=O)O)c2C(C)=O)cc1. The summed E-state index contributed by atoms with van der Waals surface area (Å²) in [6, 6.07) is 7.54. The summed E-state index contributed by atoms with van der Waals surface area (Å²) >= 11 is 0. The molecule has 0 aliphatic heterocycles. The van der Waals surface area contributed by atoms with Gasteiger partial charge in [-0.05, 0) is 43.5 Å². The van der Waals surface area contributed by atoms with Crippen molar-refractivity contribution in [2.24, 2.45) is 0 Å².